The molecule has 0 heterocycles. The van der Waals surface area contributed by atoms with Crippen LogP contribution in [0, 0.1) is 5.82 Å². The summed E-state index contributed by atoms with van der Waals surface area (Å²) in [6, 6.07) is 10.4. The number of benzene rings is 2. The van der Waals surface area contributed by atoms with Gasteiger partial charge in [0, 0.05) is 10.9 Å². The average Bonchev–Trinajstić information content (AvgIpc) is 2.41. The molecule has 0 atom stereocenters. The lowest BCUT2D eigenvalue weighted by molar-refractivity contribution is 0.305. The number of ether oxygens (including phenoxy) is 1. The topological polar surface area (TPSA) is 9.23 Å². The van der Waals surface area contributed by atoms with E-state index < -0.39 is 0 Å². The van der Waals surface area contributed by atoms with Crippen molar-refractivity contribution in [3.8, 4) is 5.75 Å². The summed E-state index contributed by atoms with van der Waals surface area (Å²) in [5.41, 5.74) is 1.81. The smallest absolute Gasteiger partial charge is 0.138 e. The fourth-order valence-electron chi connectivity index (χ4n) is 1.56. The molecule has 0 unspecified atom stereocenters. The summed E-state index contributed by atoms with van der Waals surface area (Å²) in [5, 5.41) is 1.28. The summed E-state index contributed by atoms with van der Waals surface area (Å²) < 4.78 is 19.4. The molecule has 0 amide bonds. The standard InChI is InChI=1S/C14H10Br2ClFO/c15-7-9-4-5-13(11(17)6-9)19-8-10-2-1-3-12(18)14(10)16/h1-6H,7-8H2. The van der Waals surface area contributed by atoms with E-state index in [1.807, 2.05) is 18.2 Å². The van der Waals surface area contributed by atoms with Gasteiger partial charge in [-0.1, -0.05) is 45.7 Å². The summed E-state index contributed by atoms with van der Waals surface area (Å²) in [7, 11) is 0. The number of hydrogen-bond donors (Lipinski definition) is 0. The molecule has 0 saturated heterocycles. The van der Waals surface area contributed by atoms with Crippen LogP contribution in [0.25, 0.3) is 0 Å². The Morgan fingerprint density at radius 2 is 2.00 bits per heavy atom. The first-order chi connectivity index (χ1) is 9.11. The van der Waals surface area contributed by atoms with Crippen molar-refractivity contribution >= 4 is 43.5 Å². The van der Waals surface area contributed by atoms with E-state index in [0.717, 1.165) is 16.5 Å². The first kappa shape index (κ1) is 14.8. The highest BCUT2D eigenvalue weighted by atomic mass is 79.9. The van der Waals surface area contributed by atoms with Crippen LogP contribution in [0.2, 0.25) is 5.02 Å². The molecule has 2 rings (SSSR count). The van der Waals surface area contributed by atoms with E-state index in [2.05, 4.69) is 31.9 Å². The Hall–Kier alpha value is -0.580. The van der Waals surface area contributed by atoms with Gasteiger partial charge in [0.1, 0.15) is 18.2 Å². The van der Waals surface area contributed by atoms with Crippen molar-refractivity contribution in [3.63, 3.8) is 0 Å². The quantitative estimate of drug-likeness (QED) is 0.589. The van der Waals surface area contributed by atoms with Gasteiger partial charge in [0.05, 0.1) is 9.50 Å². The van der Waals surface area contributed by atoms with Gasteiger partial charge in [0.2, 0.25) is 0 Å². The lowest BCUT2D eigenvalue weighted by Crippen LogP contribution is -1.98. The van der Waals surface area contributed by atoms with E-state index >= 15 is 0 Å². The van der Waals surface area contributed by atoms with Crippen LogP contribution >= 0.6 is 43.5 Å². The van der Waals surface area contributed by atoms with Crippen LogP contribution in [0.4, 0.5) is 4.39 Å². The molecule has 0 aromatic heterocycles. The highest BCUT2D eigenvalue weighted by Crippen LogP contribution is 2.28. The fraction of sp³-hybridized carbons (Fsp3) is 0.143. The number of alkyl halides is 1. The van der Waals surface area contributed by atoms with Crippen molar-refractivity contribution in [3.05, 3.63) is 62.8 Å². The molecule has 0 aliphatic rings. The summed E-state index contributed by atoms with van der Waals surface area (Å²) in [6.07, 6.45) is 0. The molecule has 0 N–H and O–H groups in total. The first-order valence-corrected chi connectivity index (χ1v) is 7.81. The molecular formula is C14H10Br2ClFO. The van der Waals surface area contributed by atoms with E-state index in [-0.39, 0.29) is 12.4 Å². The number of hydrogen-bond acceptors (Lipinski definition) is 1. The lowest BCUT2D eigenvalue weighted by Gasteiger charge is -2.10. The molecule has 19 heavy (non-hydrogen) atoms. The normalized spacial score (nSPS) is 10.5. The second kappa shape index (κ2) is 6.73. The molecule has 0 aliphatic heterocycles. The van der Waals surface area contributed by atoms with Crippen LogP contribution in [0.5, 0.6) is 5.75 Å². The van der Waals surface area contributed by atoms with Gasteiger partial charge >= 0.3 is 0 Å². The van der Waals surface area contributed by atoms with Crippen molar-refractivity contribution in [2.75, 3.05) is 0 Å². The maximum atomic E-state index is 13.3. The van der Waals surface area contributed by atoms with Crippen molar-refractivity contribution in [2.24, 2.45) is 0 Å². The van der Waals surface area contributed by atoms with Gasteiger partial charge in [-0.15, -0.1) is 0 Å². The molecule has 100 valence electrons. The molecule has 0 bridgehead atoms. The Morgan fingerprint density at radius 3 is 2.68 bits per heavy atom. The SMILES string of the molecule is Fc1cccc(COc2ccc(CBr)cc2Cl)c1Br. The zero-order valence-electron chi connectivity index (χ0n) is 9.80. The van der Waals surface area contributed by atoms with Crippen molar-refractivity contribution in [2.45, 2.75) is 11.9 Å². The van der Waals surface area contributed by atoms with E-state index in [1.54, 1.807) is 12.1 Å². The summed E-state index contributed by atoms with van der Waals surface area (Å²) in [5.74, 6) is 0.282. The number of rotatable bonds is 4. The van der Waals surface area contributed by atoms with Crippen LogP contribution in [0.1, 0.15) is 11.1 Å². The lowest BCUT2D eigenvalue weighted by atomic mass is 10.2. The van der Waals surface area contributed by atoms with E-state index in [4.69, 9.17) is 16.3 Å². The molecule has 2 aromatic rings. The van der Waals surface area contributed by atoms with Crippen molar-refractivity contribution in [1.29, 1.82) is 0 Å². The van der Waals surface area contributed by atoms with Crippen LogP contribution in [-0.4, -0.2) is 0 Å². The molecule has 0 aliphatic carbocycles. The third-order valence-corrected chi connectivity index (χ3v) is 4.40. The molecular weight excluding hydrogens is 398 g/mol. The Balaban J connectivity index is 2.12. The van der Waals surface area contributed by atoms with Crippen LogP contribution < -0.4 is 4.74 Å². The Kier molecular flexibility index (Phi) is 5.25. The van der Waals surface area contributed by atoms with Crippen LogP contribution in [0.3, 0.4) is 0 Å². The predicted molar refractivity (Wildman–Crippen MR) is 82.5 cm³/mol. The van der Waals surface area contributed by atoms with E-state index in [0.29, 0.717) is 15.2 Å². The van der Waals surface area contributed by atoms with Crippen molar-refractivity contribution in [1.82, 2.24) is 0 Å². The van der Waals surface area contributed by atoms with Crippen molar-refractivity contribution < 1.29 is 9.13 Å². The van der Waals surface area contributed by atoms with Gasteiger partial charge in [0.15, 0.2) is 0 Å². The second-order valence-corrected chi connectivity index (χ2v) is 5.66. The van der Waals surface area contributed by atoms with Gasteiger partial charge in [-0.25, -0.2) is 4.39 Å². The summed E-state index contributed by atoms with van der Waals surface area (Å²) in [4.78, 5) is 0. The molecule has 1 nitrogen and oxygen atoms in total. The average molecular weight is 408 g/mol. The Morgan fingerprint density at radius 1 is 1.21 bits per heavy atom. The van der Waals surface area contributed by atoms with E-state index in [9.17, 15) is 4.39 Å². The third kappa shape index (κ3) is 3.71. The van der Waals surface area contributed by atoms with Gasteiger partial charge in [-0.2, -0.15) is 0 Å². The predicted octanol–water partition coefficient (Wildman–Crippen LogP) is 5.72. The van der Waals surface area contributed by atoms with Crippen LogP contribution in [0.15, 0.2) is 40.9 Å². The first-order valence-electron chi connectivity index (χ1n) is 5.52. The summed E-state index contributed by atoms with van der Waals surface area (Å²) >= 11 is 12.7. The highest BCUT2D eigenvalue weighted by molar-refractivity contribution is 9.10. The molecule has 0 spiro atoms. The van der Waals surface area contributed by atoms with Gasteiger partial charge in [-0.05, 0) is 39.7 Å². The molecule has 0 saturated carbocycles. The molecule has 5 heteroatoms. The largest absolute Gasteiger partial charge is 0.487 e. The molecule has 0 radical (unpaired) electrons. The van der Waals surface area contributed by atoms with Gasteiger partial charge in [-0.3, -0.25) is 0 Å². The fourth-order valence-corrected chi connectivity index (χ4v) is 2.55. The monoisotopic (exact) mass is 406 g/mol. The minimum absolute atomic E-state index is 0.256. The highest BCUT2D eigenvalue weighted by Gasteiger charge is 2.07. The maximum Gasteiger partial charge on any atom is 0.138 e. The second-order valence-electron chi connectivity index (χ2n) is 3.90. The van der Waals surface area contributed by atoms with Gasteiger partial charge < -0.3 is 4.74 Å². The zero-order chi connectivity index (χ0) is 13.8. The Bertz CT molecular complexity index is 590. The maximum absolute atomic E-state index is 13.3. The molecule has 2 aromatic carbocycles. The molecule has 0 fully saturated rings. The Labute approximate surface area is 133 Å². The van der Waals surface area contributed by atoms with E-state index in [1.165, 1.54) is 6.07 Å². The third-order valence-electron chi connectivity index (χ3n) is 2.57. The summed E-state index contributed by atoms with van der Waals surface area (Å²) in [6.45, 7) is 0.256. The number of halogens is 4. The minimum Gasteiger partial charge on any atom is -0.487 e. The minimum atomic E-state index is -0.304. The van der Waals surface area contributed by atoms with Crippen LogP contribution in [-0.2, 0) is 11.9 Å². The zero-order valence-corrected chi connectivity index (χ0v) is 13.7. The van der Waals surface area contributed by atoms with Gasteiger partial charge in [0.25, 0.3) is 0 Å².